The Labute approximate surface area is 162 Å². The number of likely N-dealkylation sites (tertiary alicyclic amines) is 1. The number of nitrogens with two attached hydrogens (primary N) is 1. The first-order valence-corrected chi connectivity index (χ1v) is 8.94. The Hall–Kier alpha value is -1.79. The lowest BCUT2D eigenvalue weighted by molar-refractivity contribution is -0.137. The van der Waals surface area contributed by atoms with Gasteiger partial charge in [-0.15, -0.1) is 12.4 Å². The number of rotatable bonds is 5. The molecule has 2 N–H and O–H groups in total. The number of piperidine rings is 1. The highest BCUT2D eigenvalue weighted by atomic mass is 35.5. The minimum atomic E-state index is -0.0116. The number of hydrogen-bond acceptors (Lipinski definition) is 3. The third-order valence-electron chi connectivity index (χ3n) is 5.05. The summed E-state index contributed by atoms with van der Waals surface area (Å²) < 4.78 is 0. The third-order valence-corrected chi connectivity index (χ3v) is 5.05. The minimum Gasteiger partial charge on any atom is -0.342 e. The summed E-state index contributed by atoms with van der Waals surface area (Å²) in [7, 11) is 3.63. The number of nitrogens with zero attached hydrogens (tertiary/aromatic N) is 3. The molecule has 7 heteroatoms. The molecule has 1 heterocycles. The Kier molecular flexibility index (Phi) is 8.88. The van der Waals surface area contributed by atoms with Crippen LogP contribution >= 0.6 is 12.4 Å². The van der Waals surface area contributed by atoms with Crippen LogP contribution < -0.4 is 5.73 Å². The summed E-state index contributed by atoms with van der Waals surface area (Å²) in [5.41, 5.74) is 6.76. The smallest absolute Gasteiger partial charge is 0.320 e. The van der Waals surface area contributed by atoms with E-state index in [2.05, 4.69) is 0 Å². The predicted octanol–water partition coefficient (Wildman–Crippen LogP) is 2.18. The Morgan fingerprint density at radius 1 is 1.19 bits per heavy atom. The van der Waals surface area contributed by atoms with Gasteiger partial charge in [-0.3, -0.25) is 4.79 Å². The van der Waals surface area contributed by atoms with E-state index in [-0.39, 0.29) is 36.3 Å². The summed E-state index contributed by atoms with van der Waals surface area (Å²) >= 11 is 0. The van der Waals surface area contributed by atoms with Crippen molar-refractivity contribution in [2.75, 3.05) is 33.7 Å². The molecule has 0 aromatic heterocycles. The maximum Gasteiger partial charge on any atom is 0.320 e. The first kappa shape index (κ1) is 22.3. The molecular weight excluding hydrogens is 352 g/mol. The minimum absolute atomic E-state index is 0. The van der Waals surface area contributed by atoms with Gasteiger partial charge in [0.05, 0.1) is 0 Å². The second kappa shape index (κ2) is 10.4. The first-order valence-electron chi connectivity index (χ1n) is 8.94. The maximum absolute atomic E-state index is 12.6. The van der Waals surface area contributed by atoms with Gasteiger partial charge < -0.3 is 20.4 Å². The van der Waals surface area contributed by atoms with Gasteiger partial charge in [0.25, 0.3) is 0 Å². The summed E-state index contributed by atoms with van der Waals surface area (Å²) in [5, 5.41) is 0. The fraction of sp³-hybridized carbons (Fsp3) is 0.579. The van der Waals surface area contributed by atoms with Gasteiger partial charge in [0.1, 0.15) is 0 Å². The highest BCUT2D eigenvalue weighted by Crippen LogP contribution is 2.21. The molecule has 1 aromatic carbocycles. The SMILES string of the molecule is CC(CN)N(C)C(=O)C1CCN(C(=O)N(C)Cc2ccccc2)CC1.Cl. The number of halogens is 1. The van der Waals surface area contributed by atoms with Crippen molar-refractivity contribution < 1.29 is 9.59 Å². The second-order valence-electron chi connectivity index (χ2n) is 6.92. The van der Waals surface area contributed by atoms with Crippen LogP contribution in [-0.4, -0.2) is 66.4 Å². The van der Waals surface area contributed by atoms with Gasteiger partial charge in [-0.2, -0.15) is 0 Å². The molecule has 0 saturated carbocycles. The largest absolute Gasteiger partial charge is 0.342 e. The van der Waals surface area contributed by atoms with E-state index in [9.17, 15) is 9.59 Å². The standard InChI is InChI=1S/C19H30N4O2.ClH/c1-15(13-20)22(3)18(24)17-9-11-23(12-10-17)19(25)21(2)14-16-7-5-4-6-8-16;/h4-8,15,17H,9-14,20H2,1-3H3;1H. The number of carbonyl (C=O) groups excluding carboxylic acids is 2. The zero-order valence-corrected chi connectivity index (χ0v) is 16.7. The Bertz CT molecular complexity index is 576. The molecule has 1 unspecified atom stereocenters. The van der Waals surface area contributed by atoms with Crippen molar-refractivity contribution >= 4 is 24.3 Å². The molecule has 1 saturated heterocycles. The van der Waals surface area contributed by atoms with Crippen LogP contribution in [0.3, 0.4) is 0 Å². The van der Waals surface area contributed by atoms with Crippen LogP contribution in [0.4, 0.5) is 4.79 Å². The molecule has 1 aliphatic rings. The van der Waals surface area contributed by atoms with E-state index in [0.717, 1.165) is 5.56 Å². The lowest BCUT2D eigenvalue weighted by atomic mass is 9.95. The molecule has 1 fully saturated rings. The van der Waals surface area contributed by atoms with Gasteiger partial charge in [-0.1, -0.05) is 30.3 Å². The molecule has 2 rings (SSSR count). The van der Waals surface area contributed by atoms with E-state index in [1.807, 2.05) is 56.3 Å². The van der Waals surface area contributed by atoms with E-state index >= 15 is 0 Å². The topological polar surface area (TPSA) is 69.9 Å². The molecule has 1 atom stereocenters. The summed E-state index contributed by atoms with van der Waals surface area (Å²) in [6.45, 7) is 4.26. The number of benzene rings is 1. The Balaban J connectivity index is 0.00000338. The van der Waals surface area contributed by atoms with Crippen molar-refractivity contribution in [3.8, 4) is 0 Å². The number of likely N-dealkylation sites (N-methyl/N-ethyl adjacent to an activating group) is 1. The van der Waals surface area contributed by atoms with Crippen molar-refractivity contribution in [3.05, 3.63) is 35.9 Å². The fourth-order valence-corrected chi connectivity index (χ4v) is 3.15. The van der Waals surface area contributed by atoms with Crippen molar-refractivity contribution in [3.63, 3.8) is 0 Å². The summed E-state index contributed by atoms with van der Waals surface area (Å²) in [6, 6.07) is 10.0. The van der Waals surface area contributed by atoms with Crippen molar-refractivity contribution in [2.45, 2.75) is 32.4 Å². The molecule has 1 aromatic rings. The quantitative estimate of drug-likeness (QED) is 0.848. The van der Waals surface area contributed by atoms with Crippen LogP contribution in [-0.2, 0) is 11.3 Å². The fourth-order valence-electron chi connectivity index (χ4n) is 3.15. The van der Waals surface area contributed by atoms with Gasteiger partial charge in [0.2, 0.25) is 5.91 Å². The third kappa shape index (κ3) is 5.61. The van der Waals surface area contributed by atoms with E-state index in [1.54, 1.807) is 9.80 Å². The van der Waals surface area contributed by atoms with Crippen LogP contribution in [0.1, 0.15) is 25.3 Å². The number of amides is 3. The van der Waals surface area contributed by atoms with E-state index < -0.39 is 0 Å². The normalized spacial score (nSPS) is 15.8. The van der Waals surface area contributed by atoms with E-state index in [4.69, 9.17) is 5.73 Å². The highest BCUT2D eigenvalue weighted by molar-refractivity contribution is 5.85. The van der Waals surface area contributed by atoms with Crippen molar-refractivity contribution in [1.82, 2.24) is 14.7 Å². The Morgan fingerprint density at radius 2 is 1.77 bits per heavy atom. The van der Waals surface area contributed by atoms with Crippen molar-refractivity contribution in [1.29, 1.82) is 0 Å². The summed E-state index contributed by atoms with van der Waals surface area (Å²) in [5.74, 6) is 0.130. The zero-order chi connectivity index (χ0) is 18.4. The predicted molar refractivity (Wildman–Crippen MR) is 106 cm³/mol. The van der Waals surface area contributed by atoms with E-state index in [1.165, 1.54) is 0 Å². The van der Waals surface area contributed by atoms with Gasteiger partial charge in [0.15, 0.2) is 0 Å². The molecule has 6 nitrogen and oxygen atoms in total. The van der Waals surface area contributed by atoms with E-state index in [0.29, 0.717) is 39.0 Å². The van der Waals surface area contributed by atoms with Crippen LogP contribution in [0.25, 0.3) is 0 Å². The van der Waals surface area contributed by atoms with Crippen LogP contribution in [0.15, 0.2) is 30.3 Å². The average Bonchev–Trinajstić information content (AvgIpc) is 2.66. The molecular formula is C19H31ClN4O2. The van der Waals surface area contributed by atoms with Gasteiger partial charge in [-0.05, 0) is 25.3 Å². The molecule has 1 aliphatic heterocycles. The second-order valence-corrected chi connectivity index (χ2v) is 6.92. The number of urea groups is 1. The Morgan fingerprint density at radius 3 is 2.31 bits per heavy atom. The number of hydrogen-bond donors (Lipinski definition) is 1. The molecule has 0 spiro atoms. The summed E-state index contributed by atoms with van der Waals surface area (Å²) in [6.07, 6.45) is 1.43. The van der Waals surface area contributed by atoms with Gasteiger partial charge in [0, 0.05) is 52.2 Å². The molecule has 146 valence electrons. The maximum atomic E-state index is 12.6. The van der Waals surface area contributed by atoms with Gasteiger partial charge >= 0.3 is 6.03 Å². The molecule has 0 aliphatic carbocycles. The molecule has 0 radical (unpaired) electrons. The average molecular weight is 383 g/mol. The summed E-state index contributed by atoms with van der Waals surface area (Å²) in [4.78, 5) is 30.4. The molecule has 0 bridgehead atoms. The lowest BCUT2D eigenvalue weighted by Crippen LogP contribution is -2.49. The monoisotopic (exact) mass is 382 g/mol. The van der Waals surface area contributed by atoms with Crippen LogP contribution in [0.2, 0.25) is 0 Å². The first-order chi connectivity index (χ1) is 11.9. The van der Waals surface area contributed by atoms with Gasteiger partial charge in [-0.25, -0.2) is 4.79 Å². The van der Waals surface area contributed by atoms with Crippen LogP contribution in [0.5, 0.6) is 0 Å². The molecule has 26 heavy (non-hydrogen) atoms. The molecule has 3 amide bonds. The number of carbonyl (C=O) groups is 2. The van der Waals surface area contributed by atoms with Crippen LogP contribution in [0, 0.1) is 5.92 Å². The van der Waals surface area contributed by atoms with Crippen molar-refractivity contribution in [2.24, 2.45) is 11.7 Å². The zero-order valence-electron chi connectivity index (χ0n) is 15.9. The highest BCUT2D eigenvalue weighted by Gasteiger charge is 2.31. The lowest BCUT2D eigenvalue weighted by Gasteiger charge is -2.36.